The smallest absolute Gasteiger partial charge is 0.0700 e. The second-order valence-corrected chi connectivity index (χ2v) is 4.95. The molecule has 0 saturated heterocycles. The first-order valence-electron chi connectivity index (χ1n) is 5.76. The van der Waals surface area contributed by atoms with Crippen molar-refractivity contribution >= 4 is 0 Å². The van der Waals surface area contributed by atoms with Crippen molar-refractivity contribution in [3.8, 4) is 0 Å². The molecular weight excluding hydrogens is 190 g/mol. The Bertz CT molecular complexity index is 143. The molecule has 92 valence electrons. The van der Waals surface area contributed by atoms with Crippen LogP contribution in [0.25, 0.3) is 0 Å². The van der Waals surface area contributed by atoms with E-state index in [4.69, 9.17) is 9.47 Å². The van der Waals surface area contributed by atoms with Crippen LogP contribution in [0.4, 0.5) is 0 Å². The highest BCUT2D eigenvalue weighted by Gasteiger charge is 2.21. The van der Waals surface area contributed by atoms with Crippen LogP contribution < -0.4 is 5.32 Å². The fourth-order valence-corrected chi connectivity index (χ4v) is 1.64. The van der Waals surface area contributed by atoms with Crippen molar-refractivity contribution in [2.75, 3.05) is 34.0 Å². The lowest BCUT2D eigenvalue weighted by Gasteiger charge is -2.30. The van der Waals surface area contributed by atoms with Crippen LogP contribution >= 0.6 is 0 Å². The van der Waals surface area contributed by atoms with Gasteiger partial charge < -0.3 is 14.8 Å². The molecule has 0 radical (unpaired) electrons. The summed E-state index contributed by atoms with van der Waals surface area (Å²) >= 11 is 0. The van der Waals surface area contributed by atoms with Crippen LogP contribution in [0.5, 0.6) is 0 Å². The summed E-state index contributed by atoms with van der Waals surface area (Å²) in [7, 11) is 3.72. The summed E-state index contributed by atoms with van der Waals surface area (Å²) in [6.45, 7) is 9.02. The van der Waals surface area contributed by atoms with E-state index in [2.05, 4.69) is 26.1 Å². The van der Waals surface area contributed by atoms with Crippen molar-refractivity contribution in [1.29, 1.82) is 0 Å². The van der Waals surface area contributed by atoms with Gasteiger partial charge in [-0.1, -0.05) is 20.8 Å². The van der Waals surface area contributed by atoms with E-state index in [1.54, 1.807) is 7.11 Å². The molecular formula is C12H27NO2. The van der Waals surface area contributed by atoms with Gasteiger partial charge in [-0.15, -0.1) is 0 Å². The first kappa shape index (κ1) is 14.9. The molecule has 3 heteroatoms. The second kappa shape index (κ2) is 8.08. The van der Waals surface area contributed by atoms with Gasteiger partial charge in [0.15, 0.2) is 0 Å². The molecule has 0 aliphatic heterocycles. The average Bonchev–Trinajstić information content (AvgIpc) is 2.15. The van der Waals surface area contributed by atoms with Gasteiger partial charge in [0.2, 0.25) is 0 Å². The molecule has 1 N–H and O–H groups in total. The molecule has 0 saturated carbocycles. The van der Waals surface area contributed by atoms with Gasteiger partial charge >= 0.3 is 0 Å². The van der Waals surface area contributed by atoms with Crippen LogP contribution in [0, 0.1) is 5.41 Å². The summed E-state index contributed by atoms with van der Waals surface area (Å²) in [5.41, 5.74) is 0.321. The normalized spacial score (nSPS) is 14.2. The number of ether oxygens (including phenoxy) is 2. The predicted octanol–water partition coefficient (Wildman–Crippen LogP) is 2.06. The van der Waals surface area contributed by atoms with E-state index < -0.39 is 0 Å². The van der Waals surface area contributed by atoms with Gasteiger partial charge in [-0.25, -0.2) is 0 Å². The maximum atomic E-state index is 5.43. The lowest BCUT2D eigenvalue weighted by atomic mass is 9.84. The number of nitrogens with one attached hydrogen (secondary N) is 1. The number of hydrogen-bond donors (Lipinski definition) is 1. The van der Waals surface area contributed by atoms with Gasteiger partial charge in [0.1, 0.15) is 0 Å². The molecule has 0 aliphatic carbocycles. The molecule has 0 aromatic rings. The quantitative estimate of drug-likeness (QED) is 0.631. The van der Waals surface area contributed by atoms with E-state index in [1.165, 1.54) is 0 Å². The molecule has 0 amide bonds. The molecule has 1 unspecified atom stereocenters. The van der Waals surface area contributed by atoms with Crippen molar-refractivity contribution in [1.82, 2.24) is 5.32 Å². The van der Waals surface area contributed by atoms with Crippen LogP contribution in [-0.4, -0.2) is 40.0 Å². The monoisotopic (exact) mass is 217 g/mol. The van der Waals surface area contributed by atoms with Crippen LogP contribution in [0.3, 0.4) is 0 Å². The SMILES string of the molecule is CNC(CCCOCCOC)C(C)(C)C. The minimum Gasteiger partial charge on any atom is -0.382 e. The van der Waals surface area contributed by atoms with Gasteiger partial charge in [-0.2, -0.15) is 0 Å². The zero-order valence-electron chi connectivity index (χ0n) is 10.9. The molecule has 0 aromatic carbocycles. The molecule has 3 nitrogen and oxygen atoms in total. The maximum Gasteiger partial charge on any atom is 0.0700 e. The highest BCUT2D eigenvalue weighted by molar-refractivity contribution is 4.78. The largest absolute Gasteiger partial charge is 0.382 e. The molecule has 15 heavy (non-hydrogen) atoms. The Hall–Kier alpha value is -0.120. The van der Waals surface area contributed by atoms with Crippen molar-refractivity contribution in [3.05, 3.63) is 0 Å². The fraction of sp³-hybridized carbons (Fsp3) is 1.00. The van der Waals surface area contributed by atoms with Gasteiger partial charge in [-0.05, 0) is 25.3 Å². The Morgan fingerprint density at radius 2 is 1.80 bits per heavy atom. The van der Waals surface area contributed by atoms with E-state index in [9.17, 15) is 0 Å². The molecule has 1 atom stereocenters. The van der Waals surface area contributed by atoms with E-state index in [0.717, 1.165) is 19.4 Å². The van der Waals surface area contributed by atoms with Gasteiger partial charge in [0.25, 0.3) is 0 Å². The Morgan fingerprint density at radius 3 is 2.27 bits per heavy atom. The van der Waals surface area contributed by atoms with E-state index in [-0.39, 0.29) is 0 Å². The zero-order valence-corrected chi connectivity index (χ0v) is 10.9. The Morgan fingerprint density at radius 1 is 1.13 bits per heavy atom. The lowest BCUT2D eigenvalue weighted by Crippen LogP contribution is -2.38. The lowest BCUT2D eigenvalue weighted by molar-refractivity contribution is 0.0661. The predicted molar refractivity (Wildman–Crippen MR) is 64.2 cm³/mol. The third kappa shape index (κ3) is 7.77. The summed E-state index contributed by atoms with van der Waals surface area (Å²) in [6, 6.07) is 0.559. The first-order valence-corrected chi connectivity index (χ1v) is 5.76. The third-order valence-corrected chi connectivity index (χ3v) is 2.61. The number of rotatable bonds is 8. The minimum atomic E-state index is 0.321. The standard InChI is InChI=1S/C12H27NO2/c1-12(2,3)11(13-4)7-6-8-15-10-9-14-5/h11,13H,6-10H2,1-5H3. The number of hydrogen-bond acceptors (Lipinski definition) is 3. The van der Waals surface area contributed by atoms with Crippen LogP contribution in [0.15, 0.2) is 0 Å². The molecule has 0 rings (SSSR count). The van der Waals surface area contributed by atoms with Crippen LogP contribution in [0.2, 0.25) is 0 Å². The average molecular weight is 217 g/mol. The summed E-state index contributed by atoms with van der Waals surface area (Å²) in [4.78, 5) is 0. The first-order chi connectivity index (χ1) is 7.02. The third-order valence-electron chi connectivity index (χ3n) is 2.61. The molecule has 0 aromatic heterocycles. The summed E-state index contributed by atoms with van der Waals surface area (Å²) in [6.07, 6.45) is 2.26. The van der Waals surface area contributed by atoms with E-state index in [0.29, 0.717) is 24.7 Å². The van der Waals surface area contributed by atoms with Gasteiger partial charge in [-0.3, -0.25) is 0 Å². The second-order valence-electron chi connectivity index (χ2n) is 4.95. The maximum absolute atomic E-state index is 5.43. The highest BCUT2D eigenvalue weighted by Crippen LogP contribution is 2.22. The topological polar surface area (TPSA) is 30.5 Å². The van der Waals surface area contributed by atoms with Crippen molar-refractivity contribution in [2.45, 2.75) is 39.7 Å². The summed E-state index contributed by atoms with van der Waals surface area (Å²) in [5.74, 6) is 0. The van der Waals surface area contributed by atoms with E-state index in [1.807, 2.05) is 7.05 Å². The molecule has 0 aliphatic rings. The minimum absolute atomic E-state index is 0.321. The van der Waals surface area contributed by atoms with Gasteiger partial charge in [0, 0.05) is 19.8 Å². The van der Waals surface area contributed by atoms with E-state index >= 15 is 0 Å². The molecule has 0 bridgehead atoms. The van der Waals surface area contributed by atoms with Crippen molar-refractivity contribution in [2.24, 2.45) is 5.41 Å². The Labute approximate surface area is 94.5 Å². The van der Waals surface area contributed by atoms with Crippen LogP contribution in [-0.2, 0) is 9.47 Å². The van der Waals surface area contributed by atoms with Gasteiger partial charge in [0.05, 0.1) is 13.2 Å². The Balaban J connectivity index is 3.48. The van der Waals surface area contributed by atoms with Crippen molar-refractivity contribution in [3.63, 3.8) is 0 Å². The fourth-order valence-electron chi connectivity index (χ4n) is 1.64. The molecule has 0 fully saturated rings. The molecule has 0 spiro atoms. The summed E-state index contributed by atoms with van der Waals surface area (Å²) in [5, 5.41) is 3.36. The number of methoxy groups -OCH3 is 1. The van der Waals surface area contributed by atoms with Crippen LogP contribution in [0.1, 0.15) is 33.6 Å². The highest BCUT2D eigenvalue weighted by atomic mass is 16.5. The van der Waals surface area contributed by atoms with Crippen molar-refractivity contribution < 1.29 is 9.47 Å². The summed E-state index contributed by atoms with van der Waals surface area (Å²) < 4.78 is 10.3. The molecule has 0 heterocycles. The zero-order chi connectivity index (χ0) is 11.7. The Kier molecular flexibility index (Phi) is 8.02.